The van der Waals surface area contributed by atoms with Gasteiger partial charge in [0.25, 0.3) is 5.91 Å². The van der Waals surface area contributed by atoms with Gasteiger partial charge in [0.15, 0.2) is 5.75 Å². The molecule has 0 bridgehead atoms. The number of β-amino-alcohol motifs (C(OH)–C–C–N with tert-alkyl or cyclic N) is 1. The smallest absolute Gasteiger partial charge is 0.320 e. The van der Waals surface area contributed by atoms with Gasteiger partial charge < -0.3 is 29.8 Å². The number of nitrogens with zero attached hydrogens (tertiary/aromatic N) is 4. The number of hydrogen-bond donors (Lipinski definition) is 2. The molecule has 2 amide bonds. The molecular weight excluding hydrogens is 494 g/mol. The molecule has 2 aliphatic heterocycles. The van der Waals surface area contributed by atoms with Gasteiger partial charge in [-0.3, -0.25) is 4.79 Å². The second-order valence-electron chi connectivity index (χ2n) is 9.51. The van der Waals surface area contributed by atoms with Crippen molar-refractivity contribution >= 4 is 23.7 Å². The number of thioether (sulfide) groups is 1. The molecule has 196 valence electrons. The summed E-state index contributed by atoms with van der Waals surface area (Å²) < 4.78 is 12.3. The summed E-state index contributed by atoms with van der Waals surface area (Å²) in [6.07, 6.45) is 2.91. The Bertz CT molecular complexity index is 1260. The van der Waals surface area contributed by atoms with Crippen LogP contribution in [0.4, 0.5) is 4.79 Å². The van der Waals surface area contributed by atoms with Gasteiger partial charge in [-0.15, -0.1) is 0 Å². The quantitative estimate of drug-likeness (QED) is 0.451. The normalized spacial score (nSPS) is 21.2. The molecule has 3 atom stereocenters. The van der Waals surface area contributed by atoms with E-state index < -0.39 is 6.10 Å². The van der Waals surface area contributed by atoms with Crippen molar-refractivity contribution in [3.8, 4) is 5.75 Å². The van der Waals surface area contributed by atoms with Crippen molar-refractivity contribution < 1.29 is 23.8 Å². The third kappa shape index (κ3) is 4.86. The van der Waals surface area contributed by atoms with E-state index in [0.717, 1.165) is 11.1 Å². The lowest BCUT2D eigenvalue weighted by molar-refractivity contribution is 0.0360. The van der Waals surface area contributed by atoms with Crippen LogP contribution in [0.3, 0.4) is 0 Å². The van der Waals surface area contributed by atoms with Crippen LogP contribution in [-0.2, 0) is 12.3 Å². The zero-order valence-corrected chi connectivity index (χ0v) is 21.7. The van der Waals surface area contributed by atoms with Crippen LogP contribution in [0.15, 0.2) is 52.3 Å². The summed E-state index contributed by atoms with van der Waals surface area (Å²) >= 11 is 1.45. The number of carbonyl (C=O) groups is 2. The number of urea groups is 1. The molecule has 1 aromatic carbocycles. The number of nitrogens with two attached hydrogens (primary N) is 1. The Labute approximate surface area is 219 Å². The lowest BCUT2D eigenvalue weighted by atomic mass is 9.88. The van der Waals surface area contributed by atoms with Gasteiger partial charge in [0.2, 0.25) is 0 Å². The van der Waals surface area contributed by atoms with Gasteiger partial charge in [0.1, 0.15) is 17.0 Å². The van der Waals surface area contributed by atoms with Crippen LogP contribution in [0.2, 0.25) is 0 Å². The summed E-state index contributed by atoms with van der Waals surface area (Å²) in [5.41, 5.74) is 8.75. The number of ether oxygens (including phenoxy) is 1. The maximum Gasteiger partial charge on any atom is 0.320 e. The molecule has 4 heterocycles. The van der Waals surface area contributed by atoms with E-state index in [1.54, 1.807) is 23.0 Å². The number of rotatable bonds is 7. The Morgan fingerprint density at radius 3 is 2.57 bits per heavy atom. The molecule has 3 unspecified atom stereocenters. The maximum atomic E-state index is 13.4. The van der Waals surface area contributed by atoms with Crippen molar-refractivity contribution in [2.75, 3.05) is 26.7 Å². The summed E-state index contributed by atoms with van der Waals surface area (Å²) in [6, 6.07) is 9.12. The fourth-order valence-corrected chi connectivity index (χ4v) is 5.95. The number of hydrogen-bond acceptors (Lipinski definition) is 8. The van der Waals surface area contributed by atoms with E-state index in [1.807, 2.05) is 24.3 Å². The Balaban J connectivity index is 1.48. The first-order valence-electron chi connectivity index (χ1n) is 12.3. The third-order valence-electron chi connectivity index (χ3n) is 6.95. The van der Waals surface area contributed by atoms with Gasteiger partial charge in [-0.25, -0.2) is 4.79 Å². The molecule has 0 spiro atoms. The van der Waals surface area contributed by atoms with Crippen LogP contribution in [0, 0.1) is 5.92 Å². The standard InChI is InChI=1S/C26H31N5O5S/c1-16-12-30(26(34)29-9-7-20(32)13-29)22(16)21-23(35-2)25(31(28-21)24(33)19-8-10-36-14-19)37-15-18-5-3-17(11-27)4-6-18/h3-6,8,10,14,16,20,22,32H,7,9,11-13,15,27H2,1-2H3. The highest BCUT2D eigenvalue weighted by atomic mass is 32.2. The highest BCUT2D eigenvalue weighted by Crippen LogP contribution is 2.46. The minimum absolute atomic E-state index is 0.124. The zero-order valence-electron chi connectivity index (χ0n) is 20.9. The number of aromatic nitrogens is 2. The summed E-state index contributed by atoms with van der Waals surface area (Å²) in [5, 5.41) is 15.2. The van der Waals surface area contributed by atoms with Gasteiger partial charge in [-0.05, 0) is 23.6 Å². The predicted octanol–water partition coefficient (Wildman–Crippen LogP) is 3.10. The van der Waals surface area contributed by atoms with E-state index in [9.17, 15) is 14.7 Å². The number of carbonyl (C=O) groups excluding carboxylic acids is 2. The average molecular weight is 526 g/mol. The molecule has 11 heteroatoms. The largest absolute Gasteiger partial charge is 0.492 e. The van der Waals surface area contributed by atoms with E-state index in [1.165, 1.54) is 29.0 Å². The number of benzene rings is 1. The second-order valence-corrected chi connectivity index (χ2v) is 10.5. The summed E-state index contributed by atoms with van der Waals surface area (Å²) in [5.74, 6) is 0.849. The number of aliphatic hydroxyl groups is 1. The lowest BCUT2D eigenvalue weighted by Crippen LogP contribution is -2.55. The van der Waals surface area contributed by atoms with Crippen molar-refractivity contribution in [3.05, 3.63) is 65.2 Å². The van der Waals surface area contributed by atoms with Gasteiger partial charge >= 0.3 is 6.03 Å². The van der Waals surface area contributed by atoms with Crippen molar-refractivity contribution in [2.45, 2.75) is 42.8 Å². The van der Waals surface area contributed by atoms with E-state index in [2.05, 4.69) is 6.92 Å². The van der Waals surface area contributed by atoms with Crippen molar-refractivity contribution in [3.63, 3.8) is 0 Å². The average Bonchev–Trinajstić information content (AvgIpc) is 3.66. The van der Waals surface area contributed by atoms with E-state index >= 15 is 0 Å². The van der Waals surface area contributed by atoms with Gasteiger partial charge in [0.05, 0.1) is 31.1 Å². The molecule has 2 fully saturated rings. The minimum Gasteiger partial charge on any atom is -0.492 e. The number of aliphatic hydroxyl groups excluding tert-OH is 1. The Hall–Kier alpha value is -3.28. The molecule has 3 aromatic rings. The first-order valence-corrected chi connectivity index (χ1v) is 13.3. The Morgan fingerprint density at radius 2 is 1.97 bits per heavy atom. The third-order valence-corrected chi connectivity index (χ3v) is 8.05. The fourth-order valence-electron chi connectivity index (χ4n) is 4.89. The molecule has 2 aliphatic rings. The summed E-state index contributed by atoms with van der Waals surface area (Å²) in [4.78, 5) is 30.1. The van der Waals surface area contributed by atoms with Gasteiger partial charge in [-0.1, -0.05) is 43.0 Å². The Kier molecular flexibility index (Phi) is 7.27. The molecule has 3 N–H and O–H groups in total. The highest BCUT2D eigenvalue weighted by Gasteiger charge is 2.46. The number of amides is 2. The molecule has 0 saturated carbocycles. The summed E-state index contributed by atoms with van der Waals surface area (Å²) in [6.45, 7) is 3.94. The minimum atomic E-state index is -0.496. The number of likely N-dealkylation sites (tertiary alicyclic amines) is 2. The van der Waals surface area contributed by atoms with Crippen LogP contribution >= 0.6 is 11.8 Å². The van der Waals surface area contributed by atoms with Crippen LogP contribution in [-0.4, -0.2) is 69.5 Å². The van der Waals surface area contributed by atoms with Crippen LogP contribution < -0.4 is 10.5 Å². The van der Waals surface area contributed by atoms with E-state index in [4.69, 9.17) is 20.0 Å². The van der Waals surface area contributed by atoms with Crippen LogP contribution in [0.5, 0.6) is 5.75 Å². The van der Waals surface area contributed by atoms with Crippen LogP contribution in [0.1, 0.15) is 46.6 Å². The maximum absolute atomic E-state index is 13.4. The molecule has 2 aromatic heterocycles. The highest BCUT2D eigenvalue weighted by molar-refractivity contribution is 7.98. The van der Waals surface area contributed by atoms with Gasteiger partial charge in [-0.2, -0.15) is 9.78 Å². The second kappa shape index (κ2) is 10.6. The monoisotopic (exact) mass is 525 g/mol. The topological polar surface area (TPSA) is 127 Å². The SMILES string of the molecule is COc1c(C2C(C)CN2C(=O)N2CCC(O)C2)nn(C(=O)c2ccoc2)c1SCc1ccc(CN)cc1. The fraction of sp³-hybridized carbons (Fsp3) is 0.423. The molecule has 0 radical (unpaired) electrons. The molecule has 37 heavy (non-hydrogen) atoms. The van der Waals surface area contributed by atoms with Crippen molar-refractivity contribution in [1.29, 1.82) is 0 Å². The lowest BCUT2D eigenvalue weighted by Gasteiger charge is -2.47. The van der Waals surface area contributed by atoms with E-state index in [-0.39, 0.29) is 23.9 Å². The zero-order chi connectivity index (χ0) is 26.1. The molecular formula is C26H31N5O5S. The molecule has 5 rings (SSSR count). The molecule has 0 aliphatic carbocycles. The number of methoxy groups -OCH3 is 1. The summed E-state index contributed by atoms with van der Waals surface area (Å²) in [7, 11) is 1.56. The van der Waals surface area contributed by atoms with Crippen LogP contribution in [0.25, 0.3) is 0 Å². The first-order chi connectivity index (χ1) is 17.9. The molecule has 2 saturated heterocycles. The van der Waals surface area contributed by atoms with Crippen molar-refractivity contribution in [2.24, 2.45) is 11.7 Å². The Morgan fingerprint density at radius 1 is 1.22 bits per heavy atom. The number of furan rings is 1. The van der Waals surface area contributed by atoms with Crippen molar-refractivity contribution in [1.82, 2.24) is 19.6 Å². The van der Waals surface area contributed by atoms with E-state index in [0.29, 0.717) is 60.4 Å². The predicted molar refractivity (Wildman–Crippen MR) is 137 cm³/mol. The molecule has 10 nitrogen and oxygen atoms in total. The van der Waals surface area contributed by atoms with Gasteiger partial charge in [0, 0.05) is 37.8 Å². The first kappa shape index (κ1) is 25.4.